The predicted octanol–water partition coefficient (Wildman–Crippen LogP) is 2.89. The van der Waals surface area contributed by atoms with E-state index in [1.807, 2.05) is 36.5 Å². The van der Waals surface area contributed by atoms with Gasteiger partial charge in [0.05, 0.1) is 24.2 Å². The fourth-order valence-electron chi connectivity index (χ4n) is 5.03. The van der Waals surface area contributed by atoms with Crippen LogP contribution in [0, 0.1) is 0 Å². The number of carbonyl (C=O) groups is 1. The highest BCUT2D eigenvalue weighted by Crippen LogP contribution is 2.34. The average Bonchev–Trinajstić information content (AvgIpc) is 3.58. The molecule has 0 radical (unpaired) electrons. The van der Waals surface area contributed by atoms with E-state index in [0.717, 1.165) is 39.0 Å². The van der Waals surface area contributed by atoms with Crippen molar-refractivity contribution in [1.82, 2.24) is 24.2 Å². The topological polar surface area (TPSA) is 124 Å². The molecule has 0 atom stereocenters. The zero-order valence-electron chi connectivity index (χ0n) is 20.9. The average molecular weight is 530 g/mol. The number of amides is 1. The standard InChI is InChI=1S/C27H27N7O3S/c1-38(36,37)34-11-9-33(10-12-34)17-20-3-2-4-24(31-20)27(35)32-25-14-18(13-19-15-28-16-23(19)25)21-5-7-29-26-22(21)6-8-30-26/h2-8,13-14,16H,9-12,15,17H2,1H3,(H,29,30)(H,32,35). The number of benzene rings is 1. The first kappa shape index (κ1) is 24.4. The second kappa shape index (κ2) is 9.75. The Morgan fingerprint density at radius 2 is 1.95 bits per heavy atom. The number of aliphatic imine (C=N–C) groups is 1. The molecule has 194 valence electrons. The Labute approximate surface area is 220 Å². The maximum absolute atomic E-state index is 13.3. The normalized spacial score (nSPS) is 16.1. The van der Waals surface area contributed by atoms with Crippen molar-refractivity contribution in [1.29, 1.82) is 0 Å². The van der Waals surface area contributed by atoms with Gasteiger partial charge in [0, 0.05) is 62.3 Å². The Kier molecular flexibility index (Phi) is 6.26. The molecule has 0 aliphatic carbocycles. The summed E-state index contributed by atoms with van der Waals surface area (Å²) in [6.45, 7) is 3.25. The van der Waals surface area contributed by atoms with Gasteiger partial charge >= 0.3 is 0 Å². The highest BCUT2D eigenvalue weighted by molar-refractivity contribution is 7.88. The van der Waals surface area contributed by atoms with Crippen LogP contribution in [0.25, 0.3) is 22.2 Å². The number of aromatic amines is 1. The zero-order valence-corrected chi connectivity index (χ0v) is 21.7. The summed E-state index contributed by atoms with van der Waals surface area (Å²) in [7, 11) is -3.18. The molecular weight excluding hydrogens is 502 g/mol. The number of hydrogen-bond donors (Lipinski definition) is 2. The Balaban J connectivity index is 1.22. The minimum atomic E-state index is -3.18. The first-order valence-electron chi connectivity index (χ1n) is 12.4. The zero-order chi connectivity index (χ0) is 26.3. The molecule has 4 aromatic rings. The molecule has 1 saturated heterocycles. The first-order chi connectivity index (χ1) is 18.3. The Bertz CT molecular complexity index is 1670. The molecule has 1 aromatic carbocycles. The number of H-pyrrole nitrogens is 1. The quantitative estimate of drug-likeness (QED) is 0.396. The summed E-state index contributed by atoms with van der Waals surface area (Å²) >= 11 is 0. The predicted molar refractivity (Wildman–Crippen MR) is 147 cm³/mol. The number of nitrogens with one attached hydrogen (secondary N) is 2. The lowest BCUT2D eigenvalue weighted by Crippen LogP contribution is -2.47. The van der Waals surface area contributed by atoms with Gasteiger partial charge < -0.3 is 10.3 Å². The molecule has 2 aliphatic rings. The summed E-state index contributed by atoms with van der Waals surface area (Å²) < 4.78 is 25.0. The van der Waals surface area contributed by atoms with E-state index in [4.69, 9.17) is 0 Å². The van der Waals surface area contributed by atoms with E-state index in [1.54, 1.807) is 18.5 Å². The van der Waals surface area contributed by atoms with Gasteiger partial charge in [0.25, 0.3) is 5.91 Å². The highest BCUT2D eigenvalue weighted by Gasteiger charge is 2.24. The summed E-state index contributed by atoms with van der Waals surface area (Å²) in [4.78, 5) is 32.0. The molecule has 11 heteroatoms. The van der Waals surface area contributed by atoms with Crippen molar-refractivity contribution in [2.75, 3.05) is 37.8 Å². The van der Waals surface area contributed by atoms with Gasteiger partial charge in [-0.25, -0.2) is 18.4 Å². The number of anilines is 1. The molecule has 0 unspecified atom stereocenters. The van der Waals surface area contributed by atoms with Crippen LogP contribution in [0.4, 0.5) is 5.69 Å². The van der Waals surface area contributed by atoms with Crippen LogP contribution >= 0.6 is 0 Å². The lowest BCUT2D eigenvalue weighted by Gasteiger charge is -2.32. The molecule has 5 heterocycles. The van der Waals surface area contributed by atoms with E-state index in [1.165, 1.54) is 10.6 Å². The lowest BCUT2D eigenvalue weighted by molar-refractivity contribution is 0.102. The maximum atomic E-state index is 13.3. The Hall–Kier alpha value is -3.93. The van der Waals surface area contributed by atoms with Crippen LogP contribution in [0.3, 0.4) is 0 Å². The second-order valence-corrected chi connectivity index (χ2v) is 11.6. The number of nitrogens with zero attached hydrogens (tertiary/aromatic N) is 5. The number of sulfonamides is 1. The number of aromatic nitrogens is 3. The first-order valence-corrected chi connectivity index (χ1v) is 14.2. The summed E-state index contributed by atoms with van der Waals surface area (Å²) in [6, 6.07) is 13.5. The molecule has 0 spiro atoms. The molecule has 2 aliphatic heterocycles. The minimum absolute atomic E-state index is 0.296. The summed E-state index contributed by atoms with van der Waals surface area (Å²) in [5, 5.41) is 4.07. The molecule has 6 rings (SSSR count). The van der Waals surface area contributed by atoms with Crippen LogP contribution in [0.2, 0.25) is 0 Å². The van der Waals surface area contributed by atoms with E-state index in [9.17, 15) is 13.2 Å². The monoisotopic (exact) mass is 529 g/mol. The van der Waals surface area contributed by atoms with Gasteiger partial charge in [0.2, 0.25) is 10.0 Å². The van der Waals surface area contributed by atoms with Crippen molar-refractivity contribution in [3.05, 3.63) is 77.4 Å². The third-order valence-electron chi connectivity index (χ3n) is 6.99. The van der Waals surface area contributed by atoms with Gasteiger partial charge in [-0.1, -0.05) is 6.07 Å². The van der Waals surface area contributed by atoms with Crippen LogP contribution < -0.4 is 5.32 Å². The molecule has 0 saturated carbocycles. The van der Waals surface area contributed by atoms with Gasteiger partial charge in [-0.05, 0) is 53.1 Å². The van der Waals surface area contributed by atoms with Crippen LogP contribution in [-0.4, -0.2) is 77.1 Å². The lowest BCUT2D eigenvalue weighted by atomic mass is 9.97. The fraction of sp³-hybridized carbons (Fsp3) is 0.259. The van der Waals surface area contributed by atoms with Gasteiger partial charge in [-0.15, -0.1) is 0 Å². The van der Waals surface area contributed by atoms with Gasteiger partial charge in [-0.3, -0.25) is 14.7 Å². The smallest absolute Gasteiger partial charge is 0.274 e. The third kappa shape index (κ3) is 4.83. The summed E-state index contributed by atoms with van der Waals surface area (Å²) in [5.74, 6) is -0.296. The second-order valence-electron chi connectivity index (χ2n) is 9.57. The van der Waals surface area contributed by atoms with Crippen LogP contribution in [0.1, 0.15) is 27.3 Å². The maximum Gasteiger partial charge on any atom is 0.274 e. The van der Waals surface area contributed by atoms with Crippen molar-refractivity contribution in [2.45, 2.75) is 13.1 Å². The van der Waals surface area contributed by atoms with Gasteiger partial charge in [-0.2, -0.15) is 4.31 Å². The molecular formula is C27H27N7O3S. The minimum Gasteiger partial charge on any atom is -0.346 e. The highest BCUT2D eigenvalue weighted by atomic mass is 32.2. The van der Waals surface area contributed by atoms with E-state index in [2.05, 4.69) is 36.2 Å². The fourth-order valence-corrected chi connectivity index (χ4v) is 5.86. The van der Waals surface area contributed by atoms with Crippen molar-refractivity contribution >= 4 is 38.9 Å². The summed E-state index contributed by atoms with van der Waals surface area (Å²) in [6.07, 6.45) is 6.67. The van der Waals surface area contributed by atoms with Crippen LogP contribution in [0.5, 0.6) is 0 Å². The van der Waals surface area contributed by atoms with Crippen LogP contribution in [0.15, 0.2) is 59.9 Å². The molecule has 2 N–H and O–H groups in total. The Morgan fingerprint density at radius 1 is 1.11 bits per heavy atom. The number of piperazine rings is 1. The van der Waals surface area contributed by atoms with Crippen molar-refractivity contribution in [2.24, 2.45) is 4.99 Å². The van der Waals surface area contributed by atoms with E-state index in [0.29, 0.717) is 50.6 Å². The SMILES string of the molecule is CS(=O)(=O)N1CCN(Cc2cccc(C(=O)Nc3cc(-c4ccnc5[nH]ccc45)cc4c3C=NC4)n2)CC1. The number of carbonyl (C=O) groups excluding carboxylic acids is 1. The largest absolute Gasteiger partial charge is 0.346 e. The molecule has 10 nitrogen and oxygen atoms in total. The third-order valence-corrected chi connectivity index (χ3v) is 8.30. The van der Waals surface area contributed by atoms with Crippen molar-refractivity contribution < 1.29 is 13.2 Å². The molecule has 3 aromatic heterocycles. The molecule has 0 bridgehead atoms. The Morgan fingerprint density at radius 3 is 2.76 bits per heavy atom. The van der Waals surface area contributed by atoms with Crippen molar-refractivity contribution in [3.8, 4) is 11.1 Å². The van der Waals surface area contributed by atoms with Gasteiger partial charge in [0.1, 0.15) is 11.3 Å². The molecule has 1 fully saturated rings. The number of fused-ring (bicyclic) bond motifs is 2. The van der Waals surface area contributed by atoms with E-state index < -0.39 is 10.0 Å². The van der Waals surface area contributed by atoms with E-state index in [-0.39, 0.29) is 5.91 Å². The molecule has 38 heavy (non-hydrogen) atoms. The van der Waals surface area contributed by atoms with Gasteiger partial charge in [0.15, 0.2) is 0 Å². The molecule has 1 amide bonds. The van der Waals surface area contributed by atoms with Crippen LogP contribution in [-0.2, 0) is 23.1 Å². The van der Waals surface area contributed by atoms with E-state index >= 15 is 0 Å². The van der Waals surface area contributed by atoms with Crippen molar-refractivity contribution in [3.63, 3.8) is 0 Å². The number of rotatable bonds is 6. The number of hydrogen-bond acceptors (Lipinski definition) is 7. The summed E-state index contributed by atoms with van der Waals surface area (Å²) in [5.41, 5.74) is 6.54. The number of pyridine rings is 2.